The van der Waals surface area contributed by atoms with Crippen molar-refractivity contribution in [3.05, 3.63) is 107 Å². The first-order valence-electron chi connectivity index (χ1n) is 18.1. The standard InChI is InChI=1S/C19H27N3O3S.C18H25N3O4S.CH2Cl2.H2/c1-4-8-18-17(13-26(23,24)16-9-6-5-7-10-16)15(3)19(25-18)11-14(2)12-21-22-20;1-3-7-17-16(12-26(23,24)15-8-5-4-6-9-15)13(2)18(25-17)10-14(22)11-20-21-19;2-1-3;/h4-7,9-10,14-15,17-19H,1,8,11-13H2,2-3H3;3-6,8-9,13-14,16-18,22H,1,7,10-12H2,2H3;1H2;1H/t14-,15+,17+,18-,19+;13-,14+,16-,17+,18-;;/m01../s1. The van der Waals surface area contributed by atoms with Gasteiger partial charge in [-0.05, 0) is 78.8 Å². The molecule has 0 aromatic heterocycles. The second kappa shape index (κ2) is 24.5. The highest BCUT2D eigenvalue weighted by Crippen LogP contribution is 2.40. The lowest BCUT2D eigenvalue weighted by Gasteiger charge is -2.21. The normalized spacial score (nSPS) is 25.7. The van der Waals surface area contributed by atoms with Crippen LogP contribution < -0.4 is 0 Å². The molecule has 55 heavy (non-hydrogen) atoms. The van der Waals surface area contributed by atoms with Crippen molar-refractivity contribution in [2.75, 3.05) is 29.9 Å². The molecule has 1 N–H and O–H groups in total. The van der Waals surface area contributed by atoms with E-state index >= 15 is 0 Å². The van der Waals surface area contributed by atoms with E-state index in [1.54, 1.807) is 66.7 Å². The molecule has 2 aromatic rings. The third-order valence-corrected chi connectivity index (χ3v) is 13.6. The number of benzene rings is 2. The SMILES string of the molecule is C=CC[C@@H]1O[C@H](C[C@H](C)CN=[N+]=[N-])[C@H](C)[C@H]1CS(=O)(=O)c1ccccc1.C=CC[C@@H]1O[C@H](C[C@H](O)CN=[N+]=[N-])[C@H](C)[C@H]1CS(=O)(=O)c1ccccc1.ClCCl.[HH]. The van der Waals surface area contributed by atoms with Crippen LogP contribution in [0.2, 0.25) is 0 Å². The van der Waals surface area contributed by atoms with Gasteiger partial charge in [-0.2, -0.15) is 0 Å². The van der Waals surface area contributed by atoms with E-state index in [1.165, 1.54) is 0 Å². The summed E-state index contributed by atoms with van der Waals surface area (Å²) in [5, 5.41) is 17.2. The monoisotopic (exact) mass is 842 g/mol. The van der Waals surface area contributed by atoms with Gasteiger partial charge in [0.1, 0.15) is 0 Å². The fourth-order valence-corrected chi connectivity index (χ4v) is 10.6. The van der Waals surface area contributed by atoms with E-state index in [2.05, 4.69) is 40.1 Å². The first kappa shape index (κ1) is 48.0. The molecule has 306 valence electrons. The Morgan fingerprint density at radius 2 is 1.15 bits per heavy atom. The summed E-state index contributed by atoms with van der Waals surface area (Å²) >= 11 is 9.53. The number of aliphatic hydroxyl groups is 1. The lowest BCUT2D eigenvalue weighted by Crippen LogP contribution is -2.29. The van der Waals surface area contributed by atoms with Gasteiger partial charge in [0, 0.05) is 29.6 Å². The Hall–Kier alpha value is -3.10. The molecule has 0 saturated carbocycles. The summed E-state index contributed by atoms with van der Waals surface area (Å²) in [5.74, 6) is 0.000404. The Morgan fingerprint density at radius 1 is 0.764 bits per heavy atom. The second-order valence-corrected chi connectivity index (χ2v) is 18.7. The molecule has 0 aliphatic carbocycles. The van der Waals surface area contributed by atoms with Crippen LogP contribution in [0.15, 0.2) is 106 Å². The predicted octanol–water partition coefficient (Wildman–Crippen LogP) is 9.18. The molecule has 2 aromatic carbocycles. The largest absolute Gasteiger partial charge is 0.393 e. The van der Waals surface area contributed by atoms with Crippen LogP contribution in [0.3, 0.4) is 0 Å². The summed E-state index contributed by atoms with van der Waals surface area (Å²) in [6.07, 6.45) is 4.15. The molecular formula is C38H56Cl2N6O7S2. The number of azide groups is 2. The van der Waals surface area contributed by atoms with Crippen molar-refractivity contribution in [2.24, 2.45) is 39.8 Å². The maximum absolute atomic E-state index is 12.8. The molecule has 0 spiro atoms. The van der Waals surface area contributed by atoms with Crippen molar-refractivity contribution >= 4 is 42.9 Å². The maximum atomic E-state index is 12.8. The van der Waals surface area contributed by atoms with Crippen LogP contribution in [0, 0.1) is 29.6 Å². The van der Waals surface area contributed by atoms with Gasteiger partial charge in [-0.25, -0.2) is 16.8 Å². The Labute approximate surface area is 337 Å². The van der Waals surface area contributed by atoms with Crippen LogP contribution in [0.1, 0.15) is 47.9 Å². The van der Waals surface area contributed by atoms with E-state index in [0.29, 0.717) is 35.6 Å². The Balaban J connectivity index is 0.000000515. The van der Waals surface area contributed by atoms with Gasteiger partial charge < -0.3 is 14.6 Å². The molecule has 2 aliphatic heterocycles. The first-order valence-corrected chi connectivity index (χ1v) is 22.5. The summed E-state index contributed by atoms with van der Waals surface area (Å²) in [5.41, 5.74) is 16.8. The van der Waals surface area contributed by atoms with Crippen LogP contribution in [-0.2, 0) is 29.1 Å². The van der Waals surface area contributed by atoms with Gasteiger partial charge in [0.2, 0.25) is 0 Å². The Morgan fingerprint density at radius 3 is 1.53 bits per heavy atom. The molecule has 0 unspecified atom stereocenters. The number of hydrogen-bond donors (Lipinski definition) is 1. The van der Waals surface area contributed by atoms with E-state index in [1.807, 2.05) is 19.9 Å². The zero-order valence-electron chi connectivity index (χ0n) is 31.6. The van der Waals surface area contributed by atoms with Gasteiger partial charge >= 0.3 is 0 Å². The summed E-state index contributed by atoms with van der Waals surface area (Å²) in [4.78, 5) is 6.10. The lowest BCUT2D eigenvalue weighted by atomic mass is 9.86. The van der Waals surface area contributed by atoms with Crippen molar-refractivity contribution in [1.82, 2.24) is 0 Å². The molecule has 2 heterocycles. The van der Waals surface area contributed by atoms with Crippen LogP contribution in [-0.4, -0.2) is 82.4 Å². The summed E-state index contributed by atoms with van der Waals surface area (Å²) in [6, 6.07) is 16.9. The second-order valence-electron chi connectivity index (χ2n) is 13.9. The smallest absolute Gasteiger partial charge is 0.178 e. The fraction of sp³-hybridized carbons (Fsp3) is 0.579. The number of hydrogen-bond acceptors (Lipinski definition) is 9. The average molecular weight is 844 g/mol. The van der Waals surface area contributed by atoms with Crippen LogP contribution in [0.4, 0.5) is 0 Å². The number of rotatable bonds is 18. The molecule has 13 nitrogen and oxygen atoms in total. The zero-order valence-corrected chi connectivity index (χ0v) is 34.8. The van der Waals surface area contributed by atoms with Crippen molar-refractivity contribution in [1.29, 1.82) is 0 Å². The summed E-state index contributed by atoms with van der Waals surface area (Å²) in [6.45, 7) is 13.9. The van der Waals surface area contributed by atoms with Gasteiger partial charge in [0.25, 0.3) is 0 Å². The van der Waals surface area contributed by atoms with Gasteiger partial charge in [0.15, 0.2) is 19.7 Å². The summed E-state index contributed by atoms with van der Waals surface area (Å²) in [7, 11) is -6.81. The van der Waals surface area contributed by atoms with Gasteiger partial charge in [-0.15, -0.1) is 36.4 Å². The van der Waals surface area contributed by atoms with E-state index < -0.39 is 25.8 Å². The molecule has 0 radical (unpaired) electrons. The van der Waals surface area contributed by atoms with Gasteiger partial charge in [-0.1, -0.05) is 79.5 Å². The molecule has 10 atom stereocenters. The van der Waals surface area contributed by atoms with Crippen molar-refractivity contribution < 1.29 is 32.8 Å². The Kier molecular flexibility index (Phi) is 21.4. The maximum Gasteiger partial charge on any atom is 0.178 e. The van der Waals surface area contributed by atoms with Crippen LogP contribution >= 0.6 is 23.2 Å². The van der Waals surface area contributed by atoms with E-state index in [-0.39, 0.29) is 78.8 Å². The van der Waals surface area contributed by atoms with Gasteiger partial charge in [-0.3, -0.25) is 0 Å². The number of aliphatic hydroxyl groups excluding tert-OH is 1. The number of halogens is 2. The van der Waals surface area contributed by atoms with Crippen molar-refractivity contribution in [3.8, 4) is 0 Å². The molecule has 4 rings (SSSR count). The highest BCUT2D eigenvalue weighted by Gasteiger charge is 2.45. The minimum absolute atomic E-state index is 0. The van der Waals surface area contributed by atoms with Crippen LogP contribution in [0.25, 0.3) is 20.9 Å². The lowest BCUT2D eigenvalue weighted by molar-refractivity contribution is 0.00353. The molecular weight excluding hydrogens is 787 g/mol. The molecule has 2 fully saturated rings. The number of ether oxygens (including phenoxy) is 2. The summed E-state index contributed by atoms with van der Waals surface area (Å²) < 4.78 is 63.4. The van der Waals surface area contributed by atoms with Crippen molar-refractivity contribution in [3.63, 3.8) is 0 Å². The van der Waals surface area contributed by atoms with Crippen molar-refractivity contribution in [2.45, 2.75) is 86.8 Å². The third kappa shape index (κ3) is 15.4. The number of sulfone groups is 2. The topological polar surface area (TPSA) is 204 Å². The third-order valence-electron chi connectivity index (χ3n) is 9.96. The Bertz CT molecular complexity index is 1660. The minimum atomic E-state index is -3.44. The predicted molar refractivity (Wildman–Crippen MR) is 220 cm³/mol. The van der Waals surface area contributed by atoms with E-state index in [9.17, 15) is 21.9 Å². The molecule has 2 aliphatic rings. The molecule has 0 bridgehead atoms. The quantitative estimate of drug-likeness (QED) is 0.0506. The van der Waals surface area contributed by atoms with Crippen LogP contribution in [0.5, 0.6) is 0 Å². The van der Waals surface area contributed by atoms with Gasteiger partial charge in [0.05, 0.1) is 63.7 Å². The molecule has 2 saturated heterocycles. The number of alkyl halides is 2. The first-order chi connectivity index (χ1) is 26.2. The zero-order chi connectivity index (χ0) is 41.0. The highest BCUT2D eigenvalue weighted by atomic mass is 35.5. The fourth-order valence-electron chi connectivity index (χ4n) is 7.05. The average Bonchev–Trinajstić information content (AvgIpc) is 3.60. The number of nitrogens with zero attached hydrogens (tertiary/aromatic N) is 6. The highest BCUT2D eigenvalue weighted by molar-refractivity contribution is 7.91. The van der Waals surface area contributed by atoms with E-state index in [4.69, 9.17) is 43.7 Å². The molecule has 0 amide bonds. The molecule has 17 heteroatoms. The minimum Gasteiger partial charge on any atom is -0.393 e. The van der Waals surface area contributed by atoms with E-state index in [0.717, 1.165) is 6.42 Å².